The fourth-order valence-electron chi connectivity index (χ4n) is 4.35. The summed E-state index contributed by atoms with van der Waals surface area (Å²) in [5.41, 5.74) is 3.51. The Labute approximate surface area is 215 Å². The summed E-state index contributed by atoms with van der Waals surface area (Å²) in [7, 11) is 0. The molecular formula is C26H37IN4O2. The molecule has 2 aromatic carbocycles. The van der Waals surface area contributed by atoms with Crippen molar-refractivity contribution in [1.29, 1.82) is 0 Å². The van der Waals surface area contributed by atoms with Crippen LogP contribution >= 0.6 is 24.0 Å². The molecule has 180 valence electrons. The van der Waals surface area contributed by atoms with E-state index < -0.39 is 0 Å². The first-order valence-electron chi connectivity index (χ1n) is 11.7. The average molecular weight is 565 g/mol. The molecule has 0 spiro atoms. The monoisotopic (exact) mass is 564 g/mol. The Morgan fingerprint density at radius 2 is 1.76 bits per heavy atom. The molecule has 2 aromatic rings. The number of benzene rings is 2. The highest BCUT2D eigenvalue weighted by Crippen LogP contribution is 2.39. The second-order valence-electron chi connectivity index (χ2n) is 9.20. The lowest BCUT2D eigenvalue weighted by Crippen LogP contribution is -2.45. The summed E-state index contributed by atoms with van der Waals surface area (Å²) in [6.07, 6.45) is 0.880. The summed E-state index contributed by atoms with van der Waals surface area (Å²) in [6.45, 7) is 12.5. The molecule has 2 heterocycles. The molecule has 0 aliphatic carbocycles. The summed E-state index contributed by atoms with van der Waals surface area (Å²) >= 11 is 0. The van der Waals surface area contributed by atoms with Gasteiger partial charge >= 0.3 is 0 Å². The fourth-order valence-corrected chi connectivity index (χ4v) is 4.35. The number of aliphatic imine (C=N–C) groups is 1. The maximum Gasteiger partial charge on any atom is 0.192 e. The van der Waals surface area contributed by atoms with Gasteiger partial charge in [0.15, 0.2) is 5.96 Å². The van der Waals surface area contributed by atoms with Crippen LogP contribution in [0.25, 0.3) is 0 Å². The second-order valence-corrected chi connectivity index (χ2v) is 9.20. The highest BCUT2D eigenvalue weighted by Gasteiger charge is 2.33. The highest BCUT2D eigenvalue weighted by atomic mass is 127. The molecule has 6 nitrogen and oxygen atoms in total. The molecule has 0 saturated carbocycles. The van der Waals surface area contributed by atoms with Crippen molar-refractivity contribution in [3.8, 4) is 5.75 Å². The van der Waals surface area contributed by atoms with E-state index in [9.17, 15) is 0 Å². The van der Waals surface area contributed by atoms with E-state index in [2.05, 4.69) is 72.7 Å². The number of nitrogens with one attached hydrogen (secondary N) is 2. The van der Waals surface area contributed by atoms with Crippen LogP contribution in [-0.4, -0.2) is 49.3 Å². The van der Waals surface area contributed by atoms with E-state index >= 15 is 0 Å². The Morgan fingerprint density at radius 1 is 1.06 bits per heavy atom. The summed E-state index contributed by atoms with van der Waals surface area (Å²) in [4.78, 5) is 7.31. The lowest BCUT2D eigenvalue weighted by atomic mass is 9.90. The average Bonchev–Trinajstić information content (AvgIpc) is 2.78. The van der Waals surface area contributed by atoms with E-state index in [4.69, 9.17) is 14.5 Å². The Morgan fingerprint density at radius 3 is 2.48 bits per heavy atom. The molecule has 0 amide bonds. The largest absolute Gasteiger partial charge is 0.487 e. The van der Waals surface area contributed by atoms with Gasteiger partial charge in [0.05, 0.1) is 25.8 Å². The van der Waals surface area contributed by atoms with E-state index in [-0.39, 0.29) is 35.6 Å². The number of para-hydroxylation sites is 1. The SMILES string of the molecule is CCNC(=NCc1ccc(CN2CCOCC2)cc1)NC1CC(C)(C)Oc2ccccc21.I. The van der Waals surface area contributed by atoms with Gasteiger partial charge in [0, 0.05) is 38.2 Å². The Hall–Kier alpha value is -1.84. The third-order valence-electron chi connectivity index (χ3n) is 5.98. The first-order valence-corrected chi connectivity index (χ1v) is 11.7. The predicted octanol–water partition coefficient (Wildman–Crippen LogP) is 4.49. The number of fused-ring (bicyclic) bond motifs is 1. The van der Waals surface area contributed by atoms with Crippen LogP contribution in [0, 0.1) is 0 Å². The van der Waals surface area contributed by atoms with Gasteiger partial charge in [0.2, 0.25) is 0 Å². The van der Waals surface area contributed by atoms with Crippen LogP contribution in [-0.2, 0) is 17.8 Å². The van der Waals surface area contributed by atoms with E-state index in [1.807, 2.05) is 12.1 Å². The van der Waals surface area contributed by atoms with Crippen LogP contribution < -0.4 is 15.4 Å². The van der Waals surface area contributed by atoms with Gasteiger partial charge in [-0.3, -0.25) is 4.90 Å². The summed E-state index contributed by atoms with van der Waals surface area (Å²) in [5, 5.41) is 7.05. The van der Waals surface area contributed by atoms with Crippen LogP contribution in [0.15, 0.2) is 53.5 Å². The molecular weight excluding hydrogens is 527 g/mol. The number of hydrogen-bond acceptors (Lipinski definition) is 4. The van der Waals surface area contributed by atoms with Crippen LogP contribution in [0.3, 0.4) is 0 Å². The van der Waals surface area contributed by atoms with Gasteiger partial charge in [0.25, 0.3) is 0 Å². The highest BCUT2D eigenvalue weighted by molar-refractivity contribution is 14.0. The number of nitrogens with zero attached hydrogens (tertiary/aromatic N) is 2. The smallest absolute Gasteiger partial charge is 0.192 e. The summed E-state index contributed by atoms with van der Waals surface area (Å²) in [5.74, 6) is 1.79. The van der Waals surface area contributed by atoms with Crippen molar-refractivity contribution in [2.75, 3.05) is 32.8 Å². The lowest BCUT2D eigenvalue weighted by molar-refractivity contribution is 0.0342. The first kappa shape index (κ1) is 25.8. The Balaban J connectivity index is 0.00000306. The number of hydrogen-bond donors (Lipinski definition) is 2. The minimum atomic E-state index is -0.223. The van der Waals surface area contributed by atoms with Crippen LogP contribution in [0.1, 0.15) is 49.9 Å². The van der Waals surface area contributed by atoms with Gasteiger partial charge in [-0.1, -0.05) is 42.5 Å². The molecule has 1 fully saturated rings. The van der Waals surface area contributed by atoms with E-state index in [1.165, 1.54) is 16.7 Å². The number of halogens is 1. The molecule has 0 aromatic heterocycles. The van der Waals surface area contributed by atoms with Gasteiger partial charge in [-0.2, -0.15) is 0 Å². The number of morpholine rings is 1. The minimum Gasteiger partial charge on any atom is -0.487 e. The minimum absolute atomic E-state index is 0. The van der Waals surface area contributed by atoms with Crippen molar-refractivity contribution < 1.29 is 9.47 Å². The normalized spacial score (nSPS) is 20.2. The van der Waals surface area contributed by atoms with E-state index in [1.54, 1.807) is 0 Å². The molecule has 0 bridgehead atoms. The Bertz CT molecular complexity index is 911. The third-order valence-corrected chi connectivity index (χ3v) is 5.98. The van der Waals surface area contributed by atoms with Crippen molar-refractivity contribution in [2.45, 2.75) is 51.9 Å². The number of rotatable bonds is 6. The topological polar surface area (TPSA) is 58.1 Å². The molecule has 33 heavy (non-hydrogen) atoms. The standard InChI is InChI=1S/C26H36N4O2.HI/c1-4-27-25(29-23-17-26(2,3)32-24-8-6-5-7-22(23)24)28-18-20-9-11-21(12-10-20)19-30-13-15-31-16-14-30;/h5-12,23H,4,13-19H2,1-3H3,(H2,27,28,29);1H. The molecule has 2 aliphatic rings. The number of guanidine groups is 1. The number of ether oxygens (including phenoxy) is 2. The third kappa shape index (κ3) is 7.32. The molecule has 1 unspecified atom stereocenters. The van der Waals surface area contributed by atoms with Crippen molar-refractivity contribution in [2.24, 2.45) is 4.99 Å². The Kier molecular flexibility index (Phi) is 9.40. The van der Waals surface area contributed by atoms with Gasteiger partial charge in [0.1, 0.15) is 11.4 Å². The quantitative estimate of drug-likeness (QED) is 0.308. The summed E-state index contributed by atoms with van der Waals surface area (Å²) < 4.78 is 11.6. The fraction of sp³-hybridized carbons (Fsp3) is 0.500. The molecule has 0 radical (unpaired) electrons. The van der Waals surface area contributed by atoms with Gasteiger partial charge in [-0.05, 0) is 38.0 Å². The van der Waals surface area contributed by atoms with Crippen LogP contribution in [0.2, 0.25) is 0 Å². The molecule has 2 N–H and O–H groups in total. The van der Waals surface area contributed by atoms with Crippen molar-refractivity contribution in [3.63, 3.8) is 0 Å². The van der Waals surface area contributed by atoms with Crippen molar-refractivity contribution in [1.82, 2.24) is 15.5 Å². The van der Waals surface area contributed by atoms with Crippen molar-refractivity contribution in [3.05, 3.63) is 65.2 Å². The maximum absolute atomic E-state index is 6.18. The molecule has 1 atom stereocenters. The first-order chi connectivity index (χ1) is 15.5. The zero-order chi connectivity index (χ0) is 22.4. The molecule has 4 rings (SSSR count). The molecule has 1 saturated heterocycles. The van der Waals surface area contributed by atoms with Crippen LogP contribution in [0.5, 0.6) is 5.75 Å². The second kappa shape index (κ2) is 12.0. The van der Waals surface area contributed by atoms with E-state index in [0.29, 0.717) is 6.54 Å². The van der Waals surface area contributed by atoms with Gasteiger partial charge in [-0.25, -0.2) is 4.99 Å². The maximum atomic E-state index is 6.18. The molecule has 7 heteroatoms. The predicted molar refractivity (Wildman–Crippen MR) is 144 cm³/mol. The zero-order valence-electron chi connectivity index (χ0n) is 20.0. The van der Waals surface area contributed by atoms with Gasteiger partial charge in [-0.15, -0.1) is 24.0 Å². The van der Waals surface area contributed by atoms with E-state index in [0.717, 1.165) is 57.5 Å². The van der Waals surface area contributed by atoms with Crippen LogP contribution in [0.4, 0.5) is 0 Å². The summed E-state index contributed by atoms with van der Waals surface area (Å²) in [6, 6.07) is 17.3. The van der Waals surface area contributed by atoms with Crippen molar-refractivity contribution >= 4 is 29.9 Å². The zero-order valence-corrected chi connectivity index (χ0v) is 22.3. The molecule has 2 aliphatic heterocycles. The lowest BCUT2D eigenvalue weighted by Gasteiger charge is -2.38. The van der Waals surface area contributed by atoms with Gasteiger partial charge < -0.3 is 20.1 Å².